The molecule has 1 aromatic carbocycles. The van der Waals surface area contributed by atoms with Crippen LogP contribution in [0.4, 0.5) is 0 Å². The van der Waals surface area contributed by atoms with Gasteiger partial charge in [0.25, 0.3) is 0 Å². The van der Waals surface area contributed by atoms with E-state index in [1.165, 1.54) is 0 Å². The zero-order valence-electron chi connectivity index (χ0n) is 10.7. The fraction of sp³-hybridized carbons (Fsp3) is 0.538. The highest BCUT2D eigenvalue weighted by molar-refractivity contribution is 7.92. The Kier molecular flexibility index (Phi) is 3.04. The molecule has 0 spiro atoms. The molecule has 1 N–H and O–H groups in total. The van der Waals surface area contributed by atoms with Gasteiger partial charge >= 0.3 is 0 Å². The monoisotopic (exact) mass is 253 g/mol. The van der Waals surface area contributed by atoms with Gasteiger partial charge in [0.05, 0.1) is 16.2 Å². The molecule has 1 aromatic rings. The zero-order valence-corrected chi connectivity index (χ0v) is 11.6. The minimum absolute atomic E-state index is 0.0707. The van der Waals surface area contributed by atoms with Crippen molar-refractivity contribution >= 4 is 9.84 Å². The highest BCUT2D eigenvalue weighted by Gasteiger charge is 2.42. The molecule has 17 heavy (non-hydrogen) atoms. The van der Waals surface area contributed by atoms with Crippen LogP contribution in [-0.4, -0.2) is 20.2 Å². The maximum absolute atomic E-state index is 12.4. The molecule has 3 nitrogen and oxygen atoms in total. The quantitative estimate of drug-likeness (QED) is 0.878. The van der Waals surface area contributed by atoms with Gasteiger partial charge in [0.15, 0.2) is 9.84 Å². The van der Waals surface area contributed by atoms with E-state index < -0.39 is 9.84 Å². The van der Waals surface area contributed by atoms with Gasteiger partial charge in [-0.25, -0.2) is 8.42 Å². The summed E-state index contributed by atoms with van der Waals surface area (Å²) < 4.78 is 24.7. The molecule has 2 rings (SSSR count). The van der Waals surface area contributed by atoms with E-state index in [4.69, 9.17) is 0 Å². The van der Waals surface area contributed by atoms with Crippen molar-refractivity contribution in [1.29, 1.82) is 0 Å². The summed E-state index contributed by atoms with van der Waals surface area (Å²) in [6, 6.07) is 3.87. The number of fused-ring (bicyclic) bond motifs is 1. The Morgan fingerprint density at radius 2 is 1.94 bits per heavy atom. The molecular formula is C13H19NO2S. The maximum Gasteiger partial charge on any atom is 0.183 e. The van der Waals surface area contributed by atoms with Crippen LogP contribution in [0.1, 0.15) is 36.6 Å². The molecule has 0 amide bonds. The van der Waals surface area contributed by atoms with E-state index >= 15 is 0 Å². The van der Waals surface area contributed by atoms with E-state index in [1.54, 1.807) is 6.92 Å². The lowest BCUT2D eigenvalue weighted by Crippen LogP contribution is -2.29. The molecule has 0 radical (unpaired) electrons. The Labute approximate surface area is 103 Å². The summed E-state index contributed by atoms with van der Waals surface area (Å²) in [6.07, 6.45) is 0. The molecule has 1 heterocycles. The van der Waals surface area contributed by atoms with Crippen molar-refractivity contribution in [2.75, 3.05) is 6.54 Å². The molecule has 0 aromatic heterocycles. The molecule has 2 atom stereocenters. The Morgan fingerprint density at radius 3 is 2.53 bits per heavy atom. The zero-order chi connectivity index (χ0) is 12.8. The van der Waals surface area contributed by atoms with E-state index in [9.17, 15) is 8.42 Å². The largest absolute Gasteiger partial charge is 0.309 e. The van der Waals surface area contributed by atoms with Gasteiger partial charge in [-0.05, 0) is 38.4 Å². The lowest BCUT2D eigenvalue weighted by molar-refractivity contribution is 0.529. The Balaban J connectivity index is 2.70. The third kappa shape index (κ3) is 1.79. The van der Waals surface area contributed by atoms with Gasteiger partial charge in [0.1, 0.15) is 0 Å². The highest BCUT2D eigenvalue weighted by Crippen LogP contribution is 2.41. The van der Waals surface area contributed by atoms with Gasteiger partial charge in [0.2, 0.25) is 0 Å². The number of rotatable bonds is 2. The number of benzene rings is 1. The van der Waals surface area contributed by atoms with Crippen molar-refractivity contribution in [2.24, 2.45) is 0 Å². The second kappa shape index (κ2) is 4.10. The lowest BCUT2D eigenvalue weighted by Gasteiger charge is -2.16. The molecular weight excluding hydrogens is 234 g/mol. The van der Waals surface area contributed by atoms with Crippen LogP contribution in [-0.2, 0) is 9.84 Å². The standard InChI is InChI=1S/C13H19NO2S/c1-5-14-12-10(4)17(15,16)13-9(3)6-8(2)7-11(12)13/h6-7,10,12,14H,5H2,1-4H3. The number of nitrogens with one attached hydrogen (secondary N) is 1. The first-order chi connectivity index (χ1) is 7.89. The summed E-state index contributed by atoms with van der Waals surface area (Å²) >= 11 is 0. The Hall–Kier alpha value is -0.870. The van der Waals surface area contributed by atoms with E-state index in [1.807, 2.05) is 32.9 Å². The minimum Gasteiger partial charge on any atom is -0.309 e. The number of hydrogen-bond acceptors (Lipinski definition) is 3. The number of hydrogen-bond donors (Lipinski definition) is 1. The first-order valence-corrected chi connectivity index (χ1v) is 7.52. The van der Waals surface area contributed by atoms with E-state index in [0.717, 1.165) is 23.2 Å². The van der Waals surface area contributed by atoms with Crippen LogP contribution in [0.15, 0.2) is 17.0 Å². The van der Waals surface area contributed by atoms with Crippen LogP contribution < -0.4 is 5.32 Å². The minimum atomic E-state index is -3.17. The fourth-order valence-electron chi connectivity index (χ4n) is 2.72. The molecule has 0 aliphatic carbocycles. The average Bonchev–Trinajstić information content (AvgIpc) is 2.39. The summed E-state index contributed by atoms with van der Waals surface area (Å²) in [5.74, 6) is 0. The van der Waals surface area contributed by atoms with Gasteiger partial charge in [-0.1, -0.05) is 24.6 Å². The Bertz CT molecular complexity index is 549. The van der Waals surface area contributed by atoms with E-state index in [2.05, 4.69) is 5.32 Å². The predicted molar refractivity (Wildman–Crippen MR) is 69.0 cm³/mol. The maximum atomic E-state index is 12.4. The van der Waals surface area contributed by atoms with E-state index in [-0.39, 0.29) is 11.3 Å². The van der Waals surface area contributed by atoms with Crippen LogP contribution in [0.5, 0.6) is 0 Å². The fourth-order valence-corrected chi connectivity index (χ4v) is 4.72. The van der Waals surface area contributed by atoms with Gasteiger partial charge in [-0.2, -0.15) is 0 Å². The third-order valence-electron chi connectivity index (χ3n) is 3.45. The van der Waals surface area contributed by atoms with Crippen molar-refractivity contribution in [1.82, 2.24) is 5.32 Å². The molecule has 0 saturated carbocycles. The van der Waals surface area contributed by atoms with Crippen molar-refractivity contribution in [3.05, 3.63) is 28.8 Å². The topological polar surface area (TPSA) is 46.2 Å². The van der Waals surface area contributed by atoms with Crippen LogP contribution >= 0.6 is 0 Å². The second-order valence-electron chi connectivity index (χ2n) is 4.79. The van der Waals surface area contributed by atoms with Crippen molar-refractivity contribution < 1.29 is 8.42 Å². The first kappa shape index (κ1) is 12.6. The van der Waals surface area contributed by atoms with Gasteiger partial charge in [-0.3, -0.25) is 0 Å². The molecule has 1 aliphatic heterocycles. The van der Waals surface area contributed by atoms with Crippen LogP contribution in [0.2, 0.25) is 0 Å². The molecule has 1 aliphatic rings. The van der Waals surface area contributed by atoms with Gasteiger partial charge in [0, 0.05) is 0 Å². The van der Waals surface area contributed by atoms with E-state index in [0.29, 0.717) is 4.90 Å². The third-order valence-corrected chi connectivity index (χ3v) is 5.83. The summed E-state index contributed by atoms with van der Waals surface area (Å²) in [7, 11) is -3.17. The molecule has 0 bridgehead atoms. The average molecular weight is 253 g/mol. The van der Waals surface area contributed by atoms with Crippen LogP contribution in [0.3, 0.4) is 0 Å². The SMILES string of the molecule is CCNC1c2cc(C)cc(C)c2S(=O)(=O)C1C. The highest BCUT2D eigenvalue weighted by atomic mass is 32.2. The summed E-state index contributed by atoms with van der Waals surface area (Å²) in [4.78, 5) is 0.543. The smallest absolute Gasteiger partial charge is 0.183 e. The van der Waals surface area contributed by atoms with Crippen LogP contribution in [0.25, 0.3) is 0 Å². The molecule has 0 fully saturated rings. The van der Waals surface area contributed by atoms with Crippen LogP contribution in [0, 0.1) is 13.8 Å². The Morgan fingerprint density at radius 1 is 1.29 bits per heavy atom. The lowest BCUT2D eigenvalue weighted by atomic mass is 10.00. The summed E-state index contributed by atoms with van der Waals surface area (Å²) in [5, 5.41) is 2.90. The van der Waals surface area contributed by atoms with Crippen molar-refractivity contribution in [3.63, 3.8) is 0 Å². The first-order valence-electron chi connectivity index (χ1n) is 5.98. The predicted octanol–water partition coefficient (Wildman–Crippen LogP) is 2.13. The van der Waals surface area contributed by atoms with Crippen molar-refractivity contribution in [3.8, 4) is 0 Å². The molecule has 2 unspecified atom stereocenters. The molecule has 0 saturated heterocycles. The normalized spacial score (nSPS) is 25.9. The molecule has 94 valence electrons. The number of sulfone groups is 1. The summed E-state index contributed by atoms with van der Waals surface area (Å²) in [6.45, 7) is 8.45. The van der Waals surface area contributed by atoms with Crippen molar-refractivity contribution in [2.45, 2.75) is 43.9 Å². The van der Waals surface area contributed by atoms with Gasteiger partial charge in [-0.15, -0.1) is 0 Å². The summed E-state index contributed by atoms with van der Waals surface area (Å²) in [5.41, 5.74) is 2.93. The molecule has 4 heteroatoms. The second-order valence-corrected chi connectivity index (χ2v) is 7.03. The van der Waals surface area contributed by atoms with Gasteiger partial charge < -0.3 is 5.32 Å². The number of aryl methyl sites for hydroxylation is 2.